The van der Waals surface area contributed by atoms with Gasteiger partial charge in [0.1, 0.15) is 16.7 Å². The molecule has 3 saturated carbocycles. The maximum Gasteiger partial charge on any atom is 0.329 e. The van der Waals surface area contributed by atoms with Crippen LogP contribution in [0.15, 0.2) is 63.1 Å². The van der Waals surface area contributed by atoms with Crippen LogP contribution in [0.4, 0.5) is 11.6 Å². The van der Waals surface area contributed by atoms with Crippen molar-refractivity contribution >= 4 is 67.0 Å². The standard InChI is InChI=1S/C48H57ClN8O7S/c1-28-21-36(12-13-39(28)51-47-50-26-32-22-38(49)46(60)56(44(32)53-47)33-5-3-4-6-33)65(62,63)37-24-35(25-37)64-34-10-7-29(8-11-34)27-55-19-17-30(18-20-55)31-9-14-40-42(23-31)54(2)48(61)57(40)41-15-16-43(58)52-45(41)59/h9,12-14,21-23,26,29-30,33-35,37,41H,3-8,10-11,15-20,24-25,27H2,1-2H3,(H,50,51,53)(H,52,58,59). The number of ether oxygens (including phenoxy) is 1. The van der Waals surface area contributed by atoms with Crippen molar-refractivity contribution in [1.82, 2.24) is 33.9 Å². The van der Waals surface area contributed by atoms with Gasteiger partial charge in [0.15, 0.2) is 9.84 Å². The summed E-state index contributed by atoms with van der Waals surface area (Å²) in [5, 5.41) is 6.00. The number of hydrogen-bond donors (Lipinski definition) is 2. The molecule has 15 nitrogen and oxygen atoms in total. The van der Waals surface area contributed by atoms with Crippen LogP contribution in [0, 0.1) is 12.8 Å². The average molecular weight is 926 g/mol. The Morgan fingerprint density at radius 1 is 0.862 bits per heavy atom. The van der Waals surface area contributed by atoms with Crippen LogP contribution in [-0.4, -0.2) is 85.9 Å². The lowest BCUT2D eigenvalue weighted by Crippen LogP contribution is -2.44. The Bertz CT molecular complexity index is 2900. The maximum atomic E-state index is 13.7. The summed E-state index contributed by atoms with van der Waals surface area (Å²) < 4.78 is 38.8. The number of benzene rings is 2. The molecule has 1 atom stereocenters. The topological polar surface area (TPSA) is 180 Å². The Morgan fingerprint density at radius 2 is 1.62 bits per heavy atom. The van der Waals surface area contributed by atoms with E-state index >= 15 is 0 Å². The fourth-order valence-corrected chi connectivity index (χ4v) is 13.3. The lowest BCUT2D eigenvalue weighted by molar-refractivity contribution is -0.135. The van der Waals surface area contributed by atoms with Crippen LogP contribution in [0.25, 0.3) is 22.1 Å². The quantitative estimate of drug-likeness (QED) is 0.130. The normalized spacial score (nSPS) is 25.0. The lowest BCUT2D eigenvalue weighted by atomic mass is 9.85. The third-order valence-corrected chi connectivity index (χ3v) is 17.5. The molecule has 3 aromatic heterocycles. The number of piperidine rings is 2. The van der Waals surface area contributed by atoms with Gasteiger partial charge in [0.05, 0.1) is 33.4 Å². The molecule has 0 spiro atoms. The second-order valence-electron chi connectivity index (χ2n) is 19.2. The van der Waals surface area contributed by atoms with Gasteiger partial charge in [0.25, 0.3) is 5.56 Å². The number of nitrogens with one attached hydrogen (secondary N) is 2. The summed E-state index contributed by atoms with van der Waals surface area (Å²) in [4.78, 5) is 62.8. The first kappa shape index (κ1) is 44.0. The lowest BCUT2D eigenvalue weighted by Gasteiger charge is -2.40. The van der Waals surface area contributed by atoms with Gasteiger partial charge >= 0.3 is 5.69 Å². The van der Waals surface area contributed by atoms with Crippen LogP contribution in [0.2, 0.25) is 5.02 Å². The van der Waals surface area contributed by atoms with Crippen molar-refractivity contribution in [3.8, 4) is 0 Å². The molecule has 344 valence electrons. The molecule has 5 heterocycles. The van der Waals surface area contributed by atoms with Gasteiger partial charge in [-0.3, -0.25) is 33.4 Å². The summed E-state index contributed by atoms with van der Waals surface area (Å²) in [5.74, 6) is 0.612. The van der Waals surface area contributed by atoms with E-state index in [4.69, 9.17) is 21.3 Å². The minimum atomic E-state index is -3.54. The number of fused-ring (bicyclic) bond motifs is 2. The third-order valence-electron chi connectivity index (χ3n) is 15.1. The van der Waals surface area contributed by atoms with Crippen molar-refractivity contribution in [1.29, 1.82) is 0 Å². The van der Waals surface area contributed by atoms with E-state index in [2.05, 4.69) is 32.7 Å². The second-order valence-corrected chi connectivity index (χ2v) is 21.9. The Kier molecular flexibility index (Phi) is 12.0. The number of anilines is 2. The zero-order valence-corrected chi connectivity index (χ0v) is 38.6. The molecule has 2 amide bonds. The minimum absolute atomic E-state index is 0.0448. The summed E-state index contributed by atoms with van der Waals surface area (Å²) in [5.41, 5.74) is 4.23. The van der Waals surface area contributed by atoms with Crippen LogP contribution < -0.4 is 21.9 Å². The van der Waals surface area contributed by atoms with Crippen LogP contribution >= 0.6 is 11.6 Å². The van der Waals surface area contributed by atoms with E-state index < -0.39 is 27.0 Å². The van der Waals surface area contributed by atoms with Gasteiger partial charge in [-0.1, -0.05) is 30.5 Å². The number of imidazole rings is 1. The van der Waals surface area contributed by atoms with Crippen molar-refractivity contribution in [3.05, 3.63) is 85.6 Å². The number of nitrogens with zero attached hydrogens (tertiary/aromatic N) is 6. The number of aromatic nitrogens is 5. The Hall–Kier alpha value is -4.90. The number of halogens is 1. The van der Waals surface area contributed by atoms with E-state index in [0.717, 1.165) is 100 Å². The number of hydrogen-bond acceptors (Lipinski definition) is 11. The molecule has 2 aromatic carbocycles. The highest BCUT2D eigenvalue weighted by molar-refractivity contribution is 7.92. The Morgan fingerprint density at radius 3 is 2.34 bits per heavy atom. The molecular formula is C48H57ClN8O7S. The van der Waals surface area contributed by atoms with E-state index in [-0.39, 0.29) is 46.8 Å². The third kappa shape index (κ3) is 8.55. The van der Waals surface area contributed by atoms with Crippen LogP contribution in [-0.2, 0) is 31.2 Å². The van der Waals surface area contributed by atoms with Crippen molar-refractivity contribution < 1.29 is 22.7 Å². The highest BCUT2D eigenvalue weighted by atomic mass is 35.5. The van der Waals surface area contributed by atoms with Gasteiger partial charge in [-0.25, -0.2) is 18.2 Å². The SMILES string of the molecule is Cc1cc(S(=O)(=O)C2CC(OC3CCC(CN4CCC(c5ccc6c(c5)n(C)c(=O)n6C5CCC(=O)NC5=O)CC4)CC3)C2)ccc1Nc1ncc2cc(Cl)c(=O)n(C3CCCC3)c2n1. The highest BCUT2D eigenvalue weighted by Gasteiger charge is 2.42. The molecule has 2 saturated heterocycles. The van der Waals surface area contributed by atoms with Crippen LogP contribution in [0.5, 0.6) is 0 Å². The first-order valence-corrected chi connectivity index (χ1v) is 25.3. The van der Waals surface area contributed by atoms with E-state index in [0.29, 0.717) is 58.7 Å². The fraction of sp³-hybridized carbons (Fsp3) is 0.542. The molecule has 5 fully saturated rings. The number of rotatable bonds is 11. The Labute approximate surface area is 382 Å². The maximum absolute atomic E-state index is 13.7. The summed E-state index contributed by atoms with van der Waals surface area (Å²) in [7, 11) is -1.80. The van der Waals surface area contributed by atoms with Crippen molar-refractivity contribution in [2.45, 2.75) is 137 Å². The van der Waals surface area contributed by atoms with E-state index in [1.54, 1.807) is 46.6 Å². The zero-order valence-electron chi connectivity index (χ0n) is 37.0. The molecule has 2 N–H and O–H groups in total. The number of imide groups is 1. The molecule has 5 aliphatic rings. The molecule has 3 aliphatic carbocycles. The van der Waals surface area contributed by atoms with E-state index in [1.165, 1.54) is 10.1 Å². The first-order chi connectivity index (χ1) is 31.3. The molecular weight excluding hydrogens is 868 g/mol. The van der Waals surface area contributed by atoms with Gasteiger partial charge < -0.3 is 15.0 Å². The average Bonchev–Trinajstić information content (AvgIpc) is 3.90. The Balaban J connectivity index is 0.680. The van der Waals surface area contributed by atoms with Crippen molar-refractivity contribution in [2.75, 3.05) is 25.0 Å². The van der Waals surface area contributed by atoms with Crippen molar-refractivity contribution in [2.24, 2.45) is 13.0 Å². The summed E-state index contributed by atoms with van der Waals surface area (Å²) in [6.07, 6.45) is 13.5. The number of aryl methyl sites for hydroxylation is 2. The predicted molar refractivity (Wildman–Crippen MR) is 249 cm³/mol. The molecule has 5 aromatic rings. The second kappa shape index (κ2) is 17.7. The molecule has 0 bridgehead atoms. The number of carbonyl (C=O) groups excluding carboxylic acids is 2. The van der Waals surface area contributed by atoms with E-state index in [1.807, 2.05) is 13.0 Å². The molecule has 2 aliphatic heterocycles. The molecule has 0 radical (unpaired) electrons. The fourth-order valence-electron chi connectivity index (χ4n) is 11.2. The summed E-state index contributed by atoms with van der Waals surface area (Å²) in [6.45, 7) is 4.98. The molecule has 17 heteroatoms. The molecule has 1 unspecified atom stereocenters. The van der Waals surface area contributed by atoms with Gasteiger partial charge in [-0.05, 0) is 150 Å². The van der Waals surface area contributed by atoms with Crippen LogP contribution in [0.1, 0.15) is 119 Å². The highest BCUT2D eigenvalue weighted by Crippen LogP contribution is 2.39. The summed E-state index contributed by atoms with van der Waals surface area (Å²) in [6, 6.07) is 12.2. The zero-order chi connectivity index (χ0) is 45.1. The molecule has 65 heavy (non-hydrogen) atoms. The number of likely N-dealkylation sites (tertiary alicyclic amines) is 1. The van der Waals surface area contributed by atoms with Gasteiger partial charge in [-0.2, -0.15) is 4.98 Å². The van der Waals surface area contributed by atoms with Crippen molar-refractivity contribution in [3.63, 3.8) is 0 Å². The first-order valence-electron chi connectivity index (χ1n) is 23.4. The van der Waals surface area contributed by atoms with Gasteiger partial charge in [-0.15, -0.1) is 0 Å². The molecule has 10 rings (SSSR count). The van der Waals surface area contributed by atoms with Gasteiger partial charge in [0.2, 0.25) is 17.8 Å². The smallest absolute Gasteiger partial charge is 0.329 e. The number of carbonyl (C=O) groups is 2. The largest absolute Gasteiger partial charge is 0.375 e. The van der Waals surface area contributed by atoms with Gasteiger partial charge in [0, 0.05) is 43.3 Å². The minimum Gasteiger partial charge on any atom is -0.375 e. The number of amides is 2. The van der Waals surface area contributed by atoms with Crippen LogP contribution in [0.3, 0.4) is 0 Å². The summed E-state index contributed by atoms with van der Waals surface area (Å²) >= 11 is 6.30. The number of sulfone groups is 1. The predicted octanol–water partition coefficient (Wildman–Crippen LogP) is 7.00. The monoisotopic (exact) mass is 924 g/mol. The van der Waals surface area contributed by atoms with E-state index in [9.17, 15) is 27.6 Å². The number of pyridine rings is 1.